The summed E-state index contributed by atoms with van der Waals surface area (Å²) in [5, 5.41) is 4.20. The van der Waals surface area contributed by atoms with Crippen molar-refractivity contribution in [3.63, 3.8) is 0 Å². The van der Waals surface area contributed by atoms with E-state index in [1.807, 2.05) is 36.4 Å². The summed E-state index contributed by atoms with van der Waals surface area (Å²) >= 11 is 5.99. The van der Waals surface area contributed by atoms with Crippen LogP contribution in [0.4, 0.5) is 0 Å². The maximum Gasteiger partial charge on any atom is 0.328 e. The predicted molar refractivity (Wildman–Crippen MR) is 100 cm³/mol. The van der Waals surface area contributed by atoms with Crippen molar-refractivity contribution < 1.29 is 14.3 Å². The minimum Gasteiger partial charge on any atom is -0.467 e. The number of ether oxygens (including phenoxy) is 1. The number of pyridine rings is 1. The smallest absolute Gasteiger partial charge is 0.328 e. The van der Waals surface area contributed by atoms with Crippen LogP contribution in [-0.2, 0) is 16.0 Å². The van der Waals surface area contributed by atoms with Gasteiger partial charge in [0, 0.05) is 16.8 Å². The Bertz CT molecular complexity index is 958. The number of hydrogen-bond acceptors (Lipinski definition) is 4. The summed E-state index contributed by atoms with van der Waals surface area (Å²) in [6.07, 6.45) is 0.270. The summed E-state index contributed by atoms with van der Waals surface area (Å²) in [7, 11) is 1.29. The molecule has 0 aliphatic heterocycles. The van der Waals surface area contributed by atoms with E-state index in [2.05, 4.69) is 10.3 Å². The number of nitrogens with zero attached hydrogens (tertiary/aromatic N) is 1. The van der Waals surface area contributed by atoms with E-state index in [9.17, 15) is 9.59 Å². The van der Waals surface area contributed by atoms with Gasteiger partial charge < -0.3 is 10.1 Å². The molecule has 1 aromatic heterocycles. The van der Waals surface area contributed by atoms with Crippen LogP contribution >= 0.6 is 11.6 Å². The number of carbonyl (C=O) groups excluding carboxylic acids is 2. The normalized spacial score (nSPS) is 11.8. The molecule has 1 N–H and O–H groups in total. The van der Waals surface area contributed by atoms with Crippen molar-refractivity contribution in [3.05, 3.63) is 76.9 Å². The molecule has 132 valence electrons. The first-order valence-electron chi connectivity index (χ1n) is 8.06. The van der Waals surface area contributed by atoms with Crippen LogP contribution in [0.1, 0.15) is 16.1 Å². The molecular formula is C20H17ClN2O3. The number of aromatic nitrogens is 1. The predicted octanol–water partition coefficient (Wildman–Crippen LogP) is 3.40. The summed E-state index contributed by atoms with van der Waals surface area (Å²) in [6, 6.07) is 17.2. The summed E-state index contributed by atoms with van der Waals surface area (Å²) in [5.41, 5.74) is 1.77. The van der Waals surface area contributed by atoms with Crippen molar-refractivity contribution in [2.45, 2.75) is 12.5 Å². The maximum absolute atomic E-state index is 12.6. The SMILES string of the molecule is COC(=O)[C@H](Cc1cccc(Cl)c1)NC(=O)c1ccc2ccccc2n1. The van der Waals surface area contributed by atoms with Gasteiger partial charge in [0.15, 0.2) is 0 Å². The monoisotopic (exact) mass is 368 g/mol. The second-order valence-corrected chi connectivity index (χ2v) is 6.21. The summed E-state index contributed by atoms with van der Waals surface area (Å²) in [6.45, 7) is 0. The number of amides is 1. The van der Waals surface area contributed by atoms with Gasteiger partial charge in [0.05, 0.1) is 12.6 Å². The first-order valence-corrected chi connectivity index (χ1v) is 8.43. The number of fused-ring (bicyclic) bond motifs is 1. The number of esters is 1. The molecule has 1 atom stereocenters. The second-order valence-electron chi connectivity index (χ2n) is 5.77. The molecule has 2 aromatic carbocycles. The Morgan fingerprint density at radius 2 is 1.92 bits per heavy atom. The molecule has 0 radical (unpaired) electrons. The Hall–Kier alpha value is -2.92. The standard InChI is InChI=1S/C20H17ClN2O3/c1-26-20(25)18(12-13-5-4-7-15(21)11-13)23-19(24)17-10-9-14-6-2-3-8-16(14)22-17/h2-11,18H,12H2,1H3,(H,23,24)/t18-/m0/s1. The summed E-state index contributed by atoms with van der Waals surface area (Å²) in [5.74, 6) is -0.965. The van der Waals surface area contributed by atoms with Crippen LogP contribution in [0.3, 0.4) is 0 Å². The van der Waals surface area contributed by atoms with Gasteiger partial charge >= 0.3 is 5.97 Å². The first kappa shape index (κ1) is 17.9. The van der Waals surface area contributed by atoms with Gasteiger partial charge in [0.2, 0.25) is 0 Å². The highest BCUT2D eigenvalue weighted by atomic mass is 35.5. The largest absolute Gasteiger partial charge is 0.467 e. The van der Waals surface area contributed by atoms with Crippen LogP contribution in [0, 0.1) is 0 Å². The van der Waals surface area contributed by atoms with Gasteiger partial charge in [0.1, 0.15) is 11.7 Å². The van der Waals surface area contributed by atoms with Crippen molar-refractivity contribution in [2.24, 2.45) is 0 Å². The molecule has 26 heavy (non-hydrogen) atoms. The number of methoxy groups -OCH3 is 1. The topological polar surface area (TPSA) is 68.3 Å². The summed E-state index contributed by atoms with van der Waals surface area (Å²) in [4.78, 5) is 29.0. The average Bonchev–Trinajstić information content (AvgIpc) is 2.66. The van der Waals surface area contributed by atoms with E-state index in [4.69, 9.17) is 16.3 Å². The molecule has 5 nitrogen and oxygen atoms in total. The number of nitrogens with one attached hydrogen (secondary N) is 1. The zero-order valence-corrected chi connectivity index (χ0v) is 14.9. The molecule has 0 fully saturated rings. The fourth-order valence-corrected chi connectivity index (χ4v) is 2.87. The van der Waals surface area contributed by atoms with E-state index < -0.39 is 17.9 Å². The molecule has 0 aliphatic carbocycles. The van der Waals surface area contributed by atoms with E-state index in [1.54, 1.807) is 24.3 Å². The van der Waals surface area contributed by atoms with Crippen LogP contribution < -0.4 is 5.32 Å². The van der Waals surface area contributed by atoms with E-state index in [1.165, 1.54) is 7.11 Å². The Kier molecular flexibility index (Phi) is 5.49. The fraction of sp³-hybridized carbons (Fsp3) is 0.150. The number of carbonyl (C=O) groups is 2. The van der Waals surface area contributed by atoms with E-state index in [-0.39, 0.29) is 12.1 Å². The zero-order valence-electron chi connectivity index (χ0n) is 14.1. The minimum absolute atomic E-state index is 0.240. The van der Waals surface area contributed by atoms with Gasteiger partial charge in [-0.25, -0.2) is 9.78 Å². The highest BCUT2D eigenvalue weighted by Crippen LogP contribution is 2.14. The van der Waals surface area contributed by atoms with Gasteiger partial charge in [0.25, 0.3) is 5.91 Å². The molecule has 1 amide bonds. The van der Waals surface area contributed by atoms with Crippen molar-refractivity contribution in [3.8, 4) is 0 Å². The molecule has 6 heteroatoms. The third-order valence-corrected chi connectivity index (χ3v) is 4.19. The number of hydrogen-bond donors (Lipinski definition) is 1. The van der Waals surface area contributed by atoms with Crippen LogP contribution in [-0.4, -0.2) is 30.0 Å². The molecule has 0 saturated heterocycles. The quantitative estimate of drug-likeness (QED) is 0.701. The van der Waals surface area contributed by atoms with Crippen LogP contribution in [0.5, 0.6) is 0 Å². The van der Waals surface area contributed by atoms with Crippen LogP contribution in [0.15, 0.2) is 60.7 Å². The maximum atomic E-state index is 12.6. The van der Waals surface area contributed by atoms with Crippen LogP contribution in [0.25, 0.3) is 10.9 Å². The van der Waals surface area contributed by atoms with Crippen molar-refractivity contribution >= 4 is 34.4 Å². The molecule has 3 rings (SSSR count). The van der Waals surface area contributed by atoms with Gasteiger partial charge in [-0.1, -0.05) is 48.0 Å². The molecule has 3 aromatic rings. The third-order valence-electron chi connectivity index (χ3n) is 3.95. The van der Waals surface area contributed by atoms with Gasteiger partial charge in [-0.2, -0.15) is 0 Å². The highest BCUT2D eigenvalue weighted by molar-refractivity contribution is 6.30. The van der Waals surface area contributed by atoms with Gasteiger partial charge in [-0.05, 0) is 29.8 Å². The van der Waals surface area contributed by atoms with Crippen molar-refractivity contribution in [2.75, 3.05) is 7.11 Å². The van der Waals surface area contributed by atoms with Gasteiger partial charge in [-0.15, -0.1) is 0 Å². The fourth-order valence-electron chi connectivity index (χ4n) is 2.66. The third kappa shape index (κ3) is 4.18. The highest BCUT2D eigenvalue weighted by Gasteiger charge is 2.23. The number of benzene rings is 2. The Balaban J connectivity index is 1.80. The Morgan fingerprint density at radius 3 is 2.69 bits per heavy atom. The Morgan fingerprint density at radius 1 is 1.12 bits per heavy atom. The summed E-state index contributed by atoms with van der Waals surface area (Å²) < 4.78 is 4.81. The molecule has 0 unspecified atom stereocenters. The van der Waals surface area contributed by atoms with Crippen molar-refractivity contribution in [1.82, 2.24) is 10.3 Å². The lowest BCUT2D eigenvalue weighted by Crippen LogP contribution is -2.43. The number of halogens is 1. The molecule has 0 bridgehead atoms. The van der Waals surface area contributed by atoms with Gasteiger partial charge in [-0.3, -0.25) is 4.79 Å². The first-order chi connectivity index (χ1) is 12.6. The molecule has 0 saturated carbocycles. The number of para-hydroxylation sites is 1. The lowest BCUT2D eigenvalue weighted by molar-refractivity contribution is -0.142. The molecule has 1 heterocycles. The van der Waals surface area contributed by atoms with Crippen molar-refractivity contribution in [1.29, 1.82) is 0 Å². The lowest BCUT2D eigenvalue weighted by atomic mass is 10.1. The van der Waals surface area contributed by atoms with Crippen LogP contribution in [0.2, 0.25) is 5.02 Å². The second kappa shape index (κ2) is 7.97. The Labute approximate surface area is 156 Å². The number of rotatable bonds is 5. The molecule has 0 aliphatic rings. The molecule has 0 spiro atoms. The minimum atomic E-state index is -0.834. The average molecular weight is 369 g/mol. The lowest BCUT2D eigenvalue weighted by Gasteiger charge is -2.16. The van der Waals surface area contributed by atoms with E-state index in [0.717, 1.165) is 10.9 Å². The van der Waals surface area contributed by atoms with E-state index >= 15 is 0 Å². The van der Waals surface area contributed by atoms with E-state index in [0.29, 0.717) is 10.5 Å². The zero-order chi connectivity index (χ0) is 18.5. The molecular weight excluding hydrogens is 352 g/mol.